The Morgan fingerprint density at radius 1 is 1.12 bits per heavy atom. The van der Waals surface area contributed by atoms with Crippen LogP contribution in [-0.2, 0) is 29.0 Å². The molecule has 2 aromatic heterocycles. The number of para-hydroxylation sites is 1. The number of rotatable bonds is 7. The number of nitrogens with one attached hydrogen (secondary N) is 1. The first kappa shape index (κ1) is 21.7. The number of esters is 1. The molecule has 7 nitrogen and oxygen atoms in total. The molecule has 0 bridgehead atoms. The molecule has 164 valence electrons. The fraction of sp³-hybridized carbons (Fsp3) is 0.292. The Kier molecular flexibility index (Phi) is 6.87. The molecule has 8 heteroatoms. The largest absolute Gasteiger partial charge is 0.489 e. The highest BCUT2D eigenvalue weighted by Gasteiger charge is 2.22. The lowest BCUT2D eigenvalue weighted by Crippen LogP contribution is -2.21. The van der Waals surface area contributed by atoms with Crippen LogP contribution in [0.25, 0.3) is 0 Å². The van der Waals surface area contributed by atoms with E-state index in [9.17, 15) is 14.9 Å². The number of fused-ring (bicyclic) bond motifs is 1. The van der Waals surface area contributed by atoms with E-state index in [0.717, 1.165) is 42.5 Å². The van der Waals surface area contributed by atoms with Crippen molar-refractivity contribution < 1.29 is 23.5 Å². The normalized spacial score (nSPS) is 12.8. The van der Waals surface area contributed by atoms with Gasteiger partial charge in [0, 0.05) is 10.4 Å². The van der Waals surface area contributed by atoms with E-state index in [1.807, 2.05) is 30.3 Å². The summed E-state index contributed by atoms with van der Waals surface area (Å²) in [7, 11) is 0. The number of ether oxygens (including phenoxy) is 2. The first-order valence-electron chi connectivity index (χ1n) is 10.4. The molecule has 32 heavy (non-hydrogen) atoms. The monoisotopic (exact) mass is 450 g/mol. The summed E-state index contributed by atoms with van der Waals surface area (Å²) >= 11 is 1.44. The number of amides is 1. The lowest BCUT2D eigenvalue weighted by atomic mass is 10.1. The van der Waals surface area contributed by atoms with Crippen LogP contribution in [0.5, 0.6) is 5.75 Å². The number of hydrogen-bond donors (Lipinski definition) is 1. The molecule has 4 rings (SSSR count). The predicted octanol–water partition coefficient (Wildman–Crippen LogP) is 4.86. The maximum atomic E-state index is 12.4. The Hall–Kier alpha value is -3.57. The van der Waals surface area contributed by atoms with E-state index >= 15 is 0 Å². The number of anilines is 1. The minimum absolute atomic E-state index is 0.00529. The maximum absolute atomic E-state index is 12.4. The van der Waals surface area contributed by atoms with Crippen LogP contribution in [-0.4, -0.2) is 18.5 Å². The van der Waals surface area contributed by atoms with Gasteiger partial charge in [0.25, 0.3) is 5.91 Å². The Morgan fingerprint density at radius 2 is 1.94 bits per heavy atom. The van der Waals surface area contributed by atoms with Gasteiger partial charge in [-0.1, -0.05) is 24.6 Å². The summed E-state index contributed by atoms with van der Waals surface area (Å²) in [5, 5.41) is 12.8. The van der Waals surface area contributed by atoms with Crippen molar-refractivity contribution in [3.63, 3.8) is 0 Å². The third-order valence-electron chi connectivity index (χ3n) is 5.19. The second-order valence-electron chi connectivity index (χ2n) is 7.38. The zero-order valence-corrected chi connectivity index (χ0v) is 18.2. The lowest BCUT2D eigenvalue weighted by molar-refractivity contribution is -0.119. The molecule has 1 aromatic carbocycles. The van der Waals surface area contributed by atoms with Crippen molar-refractivity contribution in [2.75, 3.05) is 11.9 Å². The van der Waals surface area contributed by atoms with Crippen LogP contribution in [0.15, 0.2) is 47.1 Å². The fourth-order valence-corrected chi connectivity index (χ4v) is 4.87. The Labute approximate surface area is 189 Å². The second-order valence-corrected chi connectivity index (χ2v) is 8.49. The fourth-order valence-electron chi connectivity index (χ4n) is 3.61. The smallest absolute Gasteiger partial charge is 0.375 e. The highest BCUT2D eigenvalue weighted by Crippen LogP contribution is 2.36. The van der Waals surface area contributed by atoms with Crippen LogP contribution in [0.4, 0.5) is 5.00 Å². The molecule has 0 spiro atoms. The highest BCUT2D eigenvalue weighted by atomic mass is 32.1. The topological polar surface area (TPSA) is 102 Å². The van der Waals surface area contributed by atoms with E-state index in [0.29, 0.717) is 21.9 Å². The molecule has 0 unspecified atom stereocenters. The quantitative estimate of drug-likeness (QED) is 0.408. The van der Waals surface area contributed by atoms with Gasteiger partial charge in [-0.05, 0) is 49.4 Å². The SMILES string of the molecule is N#Cc1c(NC(=O)COC(=O)c2occc2COc2ccccc2)sc2c1CCCCC2. The average molecular weight is 451 g/mol. The number of nitrogens with zero attached hydrogens (tertiary/aromatic N) is 1. The number of carbonyl (C=O) groups is 2. The van der Waals surface area contributed by atoms with E-state index < -0.39 is 18.5 Å². The van der Waals surface area contributed by atoms with E-state index in [2.05, 4.69) is 11.4 Å². The third-order valence-corrected chi connectivity index (χ3v) is 6.40. The number of nitriles is 1. The summed E-state index contributed by atoms with van der Waals surface area (Å²) in [5.74, 6) is -0.594. The Morgan fingerprint density at radius 3 is 2.75 bits per heavy atom. The predicted molar refractivity (Wildman–Crippen MR) is 119 cm³/mol. The van der Waals surface area contributed by atoms with E-state index in [1.54, 1.807) is 6.07 Å². The molecule has 0 aliphatic heterocycles. The molecule has 0 fully saturated rings. The van der Waals surface area contributed by atoms with Crippen molar-refractivity contribution in [2.45, 2.75) is 38.7 Å². The Bertz CT molecular complexity index is 1140. The molecule has 0 radical (unpaired) electrons. The highest BCUT2D eigenvalue weighted by molar-refractivity contribution is 7.16. The van der Waals surface area contributed by atoms with Gasteiger partial charge in [-0.2, -0.15) is 5.26 Å². The minimum atomic E-state index is -0.751. The first-order chi connectivity index (χ1) is 15.7. The minimum Gasteiger partial charge on any atom is -0.489 e. The summed E-state index contributed by atoms with van der Waals surface area (Å²) in [5.41, 5.74) is 2.09. The van der Waals surface area contributed by atoms with E-state index in [4.69, 9.17) is 13.9 Å². The summed E-state index contributed by atoms with van der Waals surface area (Å²) in [6.07, 6.45) is 6.43. The van der Waals surface area contributed by atoms with Crippen LogP contribution in [0.2, 0.25) is 0 Å². The van der Waals surface area contributed by atoms with Gasteiger partial charge in [0.2, 0.25) is 5.76 Å². The molecule has 2 heterocycles. The molecule has 0 saturated heterocycles. The van der Waals surface area contributed by atoms with Crippen molar-refractivity contribution in [3.8, 4) is 11.8 Å². The second kappa shape index (κ2) is 10.2. The maximum Gasteiger partial charge on any atom is 0.375 e. The van der Waals surface area contributed by atoms with Gasteiger partial charge in [-0.15, -0.1) is 11.3 Å². The van der Waals surface area contributed by atoms with Crippen LogP contribution >= 0.6 is 11.3 Å². The van der Waals surface area contributed by atoms with Crippen molar-refractivity contribution in [1.29, 1.82) is 5.26 Å². The van der Waals surface area contributed by atoms with Gasteiger partial charge < -0.3 is 19.2 Å². The molecular formula is C24H22N2O5S. The van der Waals surface area contributed by atoms with Crippen LogP contribution in [0, 0.1) is 11.3 Å². The number of hydrogen-bond acceptors (Lipinski definition) is 7. The standard InChI is InChI=1S/C24H22N2O5S/c25-13-19-18-9-5-2-6-10-20(18)32-23(19)26-21(27)15-31-24(28)22-16(11-12-29-22)14-30-17-7-3-1-4-8-17/h1,3-4,7-8,11-12H,2,5-6,9-10,14-15H2,(H,26,27). The summed E-state index contributed by atoms with van der Waals surface area (Å²) in [6, 6.07) is 13.0. The lowest BCUT2D eigenvalue weighted by Gasteiger charge is -2.07. The number of carbonyl (C=O) groups excluding carboxylic acids is 2. The molecule has 1 amide bonds. The molecular weight excluding hydrogens is 428 g/mol. The molecule has 3 aromatic rings. The van der Waals surface area contributed by atoms with Gasteiger partial charge in [0.15, 0.2) is 6.61 Å². The first-order valence-corrected chi connectivity index (χ1v) is 11.2. The summed E-state index contributed by atoms with van der Waals surface area (Å²) in [4.78, 5) is 26.0. The summed E-state index contributed by atoms with van der Waals surface area (Å²) < 4.78 is 16.0. The van der Waals surface area contributed by atoms with Crippen LogP contribution in [0.1, 0.15) is 51.4 Å². The third kappa shape index (κ3) is 5.01. The van der Waals surface area contributed by atoms with Crippen LogP contribution in [0.3, 0.4) is 0 Å². The van der Waals surface area contributed by atoms with E-state index in [-0.39, 0.29) is 12.4 Å². The van der Waals surface area contributed by atoms with Crippen molar-refractivity contribution >= 4 is 28.2 Å². The van der Waals surface area contributed by atoms with Gasteiger partial charge in [0.05, 0.1) is 11.8 Å². The molecule has 1 N–H and O–H groups in total. The summed E-state index contributed by atoms with van der Waals surface area (Å²) in [6.45, 7) is -0.352. The van der Waals surface area contributed by atoms with E-state index in [1.165, 1.54) is 17.6 Å². The number of thiophene rings is 1. The van der Waals surface area contributed by atoms with Crippen molar-refractivity contribution in [1.82, 2.24) is 0 Å². The number of furan rings is 1. The zero-order valence-electron chi connectivity index (χ0n) is 17.4. The molecule has 0 saturated carbocycles. The molecule has 0 atom stereocenters. The number of benzene rings is 1. The van der Waals surface area contributed by atoms with Gasteiger partial charge in [-0.3, -0.25) is 4.79 Å². The van der Waals surface area contributed by atoms with Crippen LogP contribution < -0.4 is 10.1 Å². The molecule has 1 aliphatic carbocycles. The Balaban J connectivity index is 1.34. The van der Waals surface area contributed by atoms with Crippen molar-refractivity contribution in [3.05, 3.63) is 70.0 Å². The van der Waals surface area contributed by atoms with Gasteiger partial charge in [0.1, 0.15) is 23.4 Å². The average Bonchev–Trinajstić information content (AvgIpc) is 3.34. The number of aryl methyl sites for hydroxylation is 1. The molecule has 1 aliphatic rings. The van der Waals surface area contributed by atoms with Gasteiger partial charge in [-0.25, -0.2) is 4.79 Å². The zero-order chi connectivity index (χ0) is 22.3. The van der Waals surface area contributed by atoms with Gasteiger partial charge >= 0.3 is 5.97 Å². The van der Waals surface area contributed by atoms with Crippen molar-refractivity contribution in [2.24, 2.45) is 0 Å².